The fraction of sp³-hybridized carbons (Fsp3) is 0.571. The second-order valence-electron chi connectivity index (χ2n) is 2.48. The highest BCUT2D eigenvalue weighted by molar-refractivity contribution is 6.08. The van der Waals surface area contributed by atoms with Crippen LogP contribution in [-0.4, -0.2) is 23.6 Å². The van der Waals surface area contributed by atoms with E-state index < -0.39 is 12.1 Å². The van der Waals surface area contributed by atoms with Crippen molar-refractivity contribution in [1.82, 2.24) is 0 Å². The van der Waals surface area contributed by atoms with E-state index in [1.54, 1.807) is 0 Å². The standard InChI is InChI=1S/C7H8O4/c1-4(8)11-7-3-5(9)2-6(7)10/h7H,2-3H2,1H3. The highest BCUT2D eigenvalue weighted by atomic mass is 16.5. The van der Waals surface area contributed by atoms with Gasteiger partial charge in [-0.05, 0) is 0 Å². The number of hydrogen-bond donors (Lipinski definition) is 0. The first-order chi connectivity index (χ1) is 5.09. The van der Waals surface area contributed by atoms with E-state index in [1.807, 2.05) is 0 Å². The zero-order valence-corrected chi connectivity index (χ0v) is 6.12. The summed E-state index contributed by atoms with van der Waals surface area (Å²) in [7, 11) is 0. The summed E-state index contributed by atoms with van der Waals surface area (Å²) in [5, 5.41) is 0. The van der Waals surface area contributed by atoms with E-state index in [0.717, 1.165) is 0 Å². The third kappa shape index (κ3) is 1.86. The number of rotatable bonds is 1. The summed E-state index contributed by atoms with van der Waals surface area (Å²) in [5.41, 5.74) is 0. The minimum absolute atomic E-state index is 0.0540. The van der Waals surface area contributed by atoms with Crippen molar-refractivity contribution in [3.05, 3.63) is 0 Å². The third-order valence-corrected chi connectivity index (χ3v) is 1.45. The molecule has 0 amide bonds. The van der Waals surface area contributed by atoms with Gasteiger partial charge in [-0.15, -0.1) is 0 Å². The Morgan fingerprint density at radius 1 is 1.55 bits per heavy atom. The maximum Gasteiger partial charge on any atom is 0.303 e. The molecule has 0 bridgehead atoms. The molecule has 1 aliphatic carbocycles. The predicted molar refractivity (Wildman–Crippen MR) is 34.8 cm³/mol. The van der Waals surface area contributed by atoms with E-state index >= 15 is 0 Å². The average molecular weight is 156 g/mol. The number of Topliss-reactive ketones (excluding diaryl/α,β-unsaturated/α-hetero) is 2. The van der Waals surface area contributed by atoms with Crippen molar-refractivity contribution in [2.45, 2.75) is 25.9 Å². The SMILES string of the molecule is CC(=O)OC1CC(=O)CC1=O. The minimum Gasteiger partial charge on any atom is -0.454 e. The van der Waals surface area contributed by atoms with E-state index in [-0.39, 0.29) is 24.4 Å². The molecule has 4 heteroatoms. The van der Waals surface area contributed by atoms with Crippen molar-refractivity contribution < 1.29 is 19.1 Å². The van der Waals surface area contributed by atoms with Gasteiger partial charge in [0.25, 0.3) is 0 Å². The van der Waals surface area contributed by atoms with Crippen LogP contribution in [0.5, 0.6) is 0 Å². The van der Waals surface area contributed by atoms with Crippen LogP contribution >= 0.6 is 0 Å². The first-order valence-electron chi connectivity index (χ1n) is 3.31. The molecule has 1 saturated carbocycles. The molecule has 0 N–H and O–H groups in total. The van der Waals surface area contributed by atoms with Crippen molar-refractivity contribution in [3.63, 3.8) is 0 Å². The largest absolute Gasteiger partial charge is 0.454 e. The lowest BCUT2D eigenvalue weighted by Gasteiger charge is -2.05. The van der Waals surface area contributed by atoms with Gasteiger partial charge in [0.1, 0.15) is 5.78 Å². The molecule has 1 fully saturated rings. The lowest BCUT2D eigenvalue weighted by Crippen LogP contribution is -2.20. The summed E-state index contributed by atoms with van der Waals surface area (Å²) in [6.45, 7) is 1.22. The molecule has 0 aromatic carbocycles. The topological polar surface area (TPSA) is 60.4 Å². The molecule has 11 heavy (non-hydrogen) atoms. The molecular weight excluding hydrogens is 148 g/mol. The molecular formula is C7H8O4. The summed E-state index contributed by atoms with van der Waals surface area (Å²) < 4.78 is 4.58. The molecule has 1 unspecified atom stereocenters. The van der Waals surface area contributed by atoms with Gasteiger partial charge in [-0.2, -0.15) is 0 Å². The van der Waals surface area contributed by atoms with E-state index in [4.69, 9.17) is 0 Å². The second kappa shape index (κ2) is 2.82. The van der Waals surface area contributed by atoms with Crippen LogP contribution in [-0.2, 0) is 19.1 Å². The van der Waals surface area contributed by atoms with E-state index in [1.165, 1.54) is 6.92 Å². The van der Waals surface area contributed by atoms with Crippen LogP contribution in [0.4, 0.5) is 0 Å². The summed E-state index contributed by atoms with van der Waals surface area (Å²) >= 11 is 0. The maximum absolute atomic E-state index is 10.8. The summed E-state index contributed by atoms with van der Waals surface area (Å²) in [6.07, 6.45) is -0.837. The van der Waals surface area contributed by atoms with Gasteiger partial charge >= 0.3 is 5.97 Å². The third-order valence-electron chi connectivity index (χ3n) is 1.45. The number of carbonyl (C=O) groups excluding carboxylic acids is 3. The van der Waals surface area contributed by atoms with Gasteiger partial charge < -0.3 is 4.74 Å². The Balaban J connectivity index is 2.53. The van der Waals surface area contributed by atoms with Crippen molar-refractivity contribution in [1.29, 1.82) is 0 Å². The molecule has 0 aromatic rings. The maximum atomic E-state index is 10.8. The van der Waals surface area contributed by atoms with Gasteiger partial charge in [0, 0.05) is 6.92 Å². The Labute approximate surface area is 63.5 Å². The number of ether oxygens (including phenoxy) is 1. The molecule has 0 spiro atoms. The normalized spacial score (nSPS) is 23.9. The van der Waals surface area contributed by atoms with Crippen LogP contribution in [0.1, 0.15) is 19.8 Å². The molecule has 0 saturated heterocycles. The van der Waals surface area contributed by atoms with Crippen molar-refractivity contribution in [2.75, 3.05) is 0 Å². The van der Waals surface area contributed by atoms with Crippen LogP contribution in [0.15, 0.2) is 0 Å². The van der Waals surface area contributed by atoms with Crippen LogP contribution in [0.2, 0.25) is 0 Å². The molecule has 0 aliphatic heterocycles. The van der Waals surface area contributed by atoms with E-state index in [2.05, 4.69) is 4.74 Å². The van der Waals surface area contributed by atoms with Crippen molar-refractivity contribution in [3.8, 4) is 0 Å². The van der Waals surface area contributed by atoms with Crippen molar-refractivity contribution in [2.24, 2.45) is 0 Å². The van der Waals surface area contributed by atoms with Gasteiger partial charge in [-0.1, -0.05) is 0 Å². The fourth-order valence-electron chi connectivity index (χ4n) is 1.01. The highest BCUT2D eigenvalue weighted by Gasteiger charge is 2.32. The molecule has 1 atom stereocenters. The first kappa shape index (κ1) is 7.91. The Hall–Kier alpha value is -1.19. The van der Waals surface area contributed by atoms with Crippen LogP contribution in [0.3, 0.4) is 0 Å². The summed E-state index contributed by atoms with van der Waals surface area (Å²) in [4.78, 5) is 31.8. The van der Waals surface area contributed by atoms with Crippen LogP contribution in [0, 0.1) is 0 Å². The minimum atomic E-state index is -0.806. The highest BCUT2D eigenvalue weighted by Crippen LogP contribution is 2.14. The fourth-order valence-corrected chi connectivity index (χ4v) is 1.01. The van der Waals surface area contributed by atoms with Gasteiger partial charge in [0.15, 0.2) is 11.9 Å². The quantitative estimate of drug-likeness (QED) is 0.391. The monoisotopic (exact) mass is 156 g/mol. The number of esters is 1. The molecule has 0 radical (unpaired) electrons. The predicted octanol–water partition coefficient (Wildman–Crippen LogP) is -0.150. The zero-order chi connectivity index (χ0) is 8.43. The van der Waals surface area contributed by atoms with Crippen LogP contribution in [0.25, 0.3) is 0 Å². The Morgan fingerprint density at radius 2 is 2.18 bits per heavy atom. The number of ketones is 2. The molecule has 1 aliphatic rings. The Bertz CT molecular complexity index is 218. The zero-order valence-electron chi connectivity index (χ0n) is 6.12. The summed E-state index contributed by atoms with van der Waals surface area (Å²) in [5.74, 6) is -0.954. The van der Waals surface area contributed by atoms with Gasteiger partial charge in [0.2, 0.25) is 0 Å². The van der Waals surface area contributed by atoms with Crippen molar-refractivity contribution >= 4 is 17.5 Å². The Kier molecular flexibility index (Phi) is 2.03. The van der Waals surface area contributed by atoms with Gasteiger partial charge in [-0.3, -0.25) is 14.4 Å². The average Bonchev–Trinajstić information content (AvgIpc) is 2.09. The first-order valence-corrected chi connectivity index (χ1v) is 3.31. The Morgan fingerprint density at radius 3 is 2.55 bits per heavy atom. The number of hydrogen-bond acceptors (Lipinski definition) is 4. The molecule has 0 aromatic heterocycles. The lowest BCUT2D eigenvalue weighted by atomic mass is 10.3. The molecule has 0 heterocycles. The van der Waals surface area contributed by atoms with Crippen LogP contribution < -0.4 is 0 Å². The smallest absolute Gasteiger partial charge is 0.303 e. The lowest BCUT2D eigenvalue weighted by molar-refractivity contribution is -0.151. The van der Waals surface area contributed by atoms with Gasteiger partial charge in [-0.25, -0.2) is 0 Å². The van der Waals surface area contributed by atoms with E-state index in [9.17, 15) is 14.4 Å². The molecule has 60 valence electrons. The van der Waals surface area contributed by atoms with E-state index in [0.29, 0.717) is 0 Å². The van der Waals surface area contributed by atoms with Gasteiger partial charge in [0.05, 0.1) is 12.8 Å². The molecule has 4 nitrogen and oxygen atoms in total. The second-order valence-corrected chi connectivity index (χ2v) is 2.48. The number of carbonyl (C=O) groups is 3. The summed E-state index contributed by atoms with van der Waals surface area (Å²) in [6, 6.07) is 0. The molecule has 1 rings (SSSR count).